The molecule has 2 atom stereocenters. The van der Waals surface area contributed by atoms with Gasteiger partial charge in [-0.2, -0.15) is 0 Å². The van der Waals surface area contributed by atoms with Crippen LogP contribution in [0.1, 0.15) is 38.4 Å². The summed E-state index contributed by atoms with van der Waals surface area (Å²) >= 11 is 6.28. The molecule has 1 aromatic heterocycles. The van der Waals surface area contributed by atoms with Crippen LogP contribution in [0.2, 0.25) is 5.02 Å². The summed E-state index contributed by atoms with van der Waals surface area (Å²) < 4.78 is 13.8. The average Bonchev–Trinajstić information content (AvgIpc) is 3.47. The van der Waals surface area contributed by atoms with Gasteiger partial charge in [0.25, 0.3) is 5.91 Å². The maximum atomic E-state index is 13.1. The molecule has 2 aliphatic rings. The fraction of sp³-hybridized carbons (Fsp3) is 0.360. The number of aromatic carboxylic acids is 1. The smallest absolute Gasteiger partial charge is 0.335 e. The van der Waals surface area contributed by atoms with Crippen LogP contribution in [0.5, 0.6) is 5.75 Å². The van der Waals surface area contributed by atoms with Crippen molar-refractivity contribution < 1.29 is 24.2 Å². The van der Waals surface area contributed by atoms with Crippen LogP contribution >= 0.6 is 11.6 Å². The summed E-state index contributed by atoms with van der Waals surface area (Å²) in [4.78, 5) is 26.6. The van der Waals surface area contributed by atoms with Crippen molar-refractivity contribution >= 4 is 23.5 Å². The molecule has 3 heterocycles. The topological polar surface area (TPSA) is 119 Å². The monoisotopic (exact) mass is 511 g/mol. The summed E-state index contributed by atoms with van der Waals surface area (Å²) in [5.74, 6) is -0.759. The largest absolute Gasteiger partial charge is 0.492 e. The first-order valence-electron chi connectivity index (χ1n) is 11.7. The second kappa shape index (κ2) is 10.7. The summed E-state index contributed by atoms with van der Waals surface area (Å²) in [7, 11) is 0. The number of hydrogen-bond donors (Lipinski definition) is 2. The molecule has 0 saturated carbocycles. The minimum absolute atomic E-state index is 0.241. The predicted octanol–water partition coefficient (Wildman–Crippen LogP) is 2.61. The van der Waals surface area contributed by atoms with E-state index < -0.39 is 5.97 Å². The van der Waals surface area contributed by atoms with Crippen molar-refractivity contribution in [3.05, 3.63) is 76.1 Å². The van der Waals surface area contributed by atoms with Crippen LogP contribution < -0.4 is 10.1 Å². The summed E-state index contributed by atoms with van der Waals surface area (Å²) in [5, 5.41) is 21.2. The molecule has 2 aliphatic heterocycles. The van der Waals surface area contributed by atoms with E-state index in [1.54, 1.807) is 41.1 Å². The fourth-order valence-electron chi connectivity index (χ4n) is 4.47. The number of fused-ring (bicyclic) bond motifs is 5. The van der Waals surface area contributed by atoms with Crippen LogP contribution in [0.25, 0.3) is 0 Å². The zero-order chi connectivity index (χ0) is 25.1. The highest BCUT2D eigenvalue weighted by molar-refractivity contribution is 6.32. The Morgan fingerprint density at radius 2 is 2.11 bits per heavy atom. The van der Waals surface area contributed by atoms with Gasteiger partial charge < -0.3 is 19.9 Å². The van der Waals surface area contributed by atoms with Gasteiger partial charge >= 0.3 is 5.97 Å². The number of nitrogens with one attached hydrogen (secondary N) is 1. The first kappa shape index (κ1) is 24.2. The zero-order valence-electron chi connectivity index (χ0n) is 19.5. The van der Waals surface area contributed by atoms with Crippen molar-refractivity contribution in [2.24, 2.45) is 0 Å². The third kappa shape index (κ3) is 5.67. The van der Waals surface area contributed by atoms with Gasteiger partial charge in [0.05, 0.1) is 42.1 Å². The Morgan fingerprint density at radius 3 is 2.97 bits per heavy atom. The number of aryl methyl sites for hydroxylation is 1. The van der Waals surface area contributed by atoms with E-state index in [2.05, 4.69) is 20.5 Å². The van der Waals surface area contributed by atoms with Crippen LogP contribution in [0.3, 0.4) is 0 Å². The number of ether oxygens (including phenoxy) is 2. The van der Waals surface area contributed by atoms with Crippen molar-refractivity contribution in [2.45, 2.75) is 38.3 Å². The first-order valence-corrected chi connectivity index (χ1v) is 12.1. The second-order valence-corrected chi connectivity index (χ2v) is 9.36. The van der Waals surface area contributed by atoms with Crippen molar-refractivity contribution in [1.29, 1.82) is 0 Å². The van der Waals surface area contributed by atoms with Gasteiger partial charge in [0.2, 0.25) is 0 Å². The number of rotatable bonds is 3. The van der Waals surface area contributed by atoms with E-state index in [9.17, 15) is 14.7 Å². The standard InChI is InChI=1S/C25H26ClN5O5/c26-20-6-5-17-10-22(20)35-8-2-7-31-12-19(28-29-31)15-36-23-14-30(13-21(23)27-24(17)32)11-16-3-1-4-18(9-16)25(33)34/h1,3-6,9-10,12,21,23H,2,7-8,11,13-15H2,(H,27,32)(H,33,34)/t21-,23-/m0/s1. The molecule has 4 bridgehead atoms. The van der Waals surface area contributed by atoms with E-state index in [0.29, 0.717) is 61.2 Å². The molecule has 3 aromatic rings. The van der Waals surface area contributed by atoms with Gasteiger partial charge in [-0.05, 0) is 35.9 Å². The number of carbonyl (C=O) groups excluding carboxylic acids is 1. The molecular weight excluding hydrogens is 486 g/mol. The highest BCUT2D eigenvalue weighted by Crippen LogP contribution is 2.26. The summed E-state index contributed by atoms with van der Waals surface area (Å²) in [6, 6.07) is 11.5. The number of hydrogen-bond acceptors (Lipinski definition) is 7. The van der Waals surface area contributed by atoms with Crippen molar-refractivity contribution in [3.8, 4) is 5.75 Å². The highest BCUT2D eigenvalue weighted by atomic mass is 35.5. The Morgan fingerprint density at radius 1 is 1.22 bits per heavy atom. The second-order valence-electron chi connectivity index (χ2n) is 8.95. The molecule has 11 heteroatoms. The van der Waals surface area contributed by atoms with Gasteiger partial charge in [-0.3, -0.25) is 14.4 Å². The summed E-state index contributed by atoms with van der Waals surface area (Å²) in [6.45, 7) is 2.94. The van der Waals surface area contributed by atoms with Gasteiger partial charge in [-0.1, -0.05) is 28.9 Å². The van der Waals surface area contributed by atoms with Gasteiger partial charge in [-0.15, -0.1) is 5.10 Å². The van der Waals surface area contributed by atoms with E-state index in [1.807, 2.05) is 12.3 Å². The Hall–Kier alpha value is -3.47. The molecule has 188 valence electrons. The number of amides is 1. The summed E-state index contributed by atoms with van der Waals surface area (Å²) in [5.41, 5.74) is 2.27. The Labute approximate surface area is 212 Å². The molecule has 1 amide bonds. The number of carbonyl (C=O) groups is 2. The molecule has 5 rings (SSSR count). The predicted molar refractivity (Wildman–Crippen MR) is 130 cm³/mol. The normalized spacial score (nSPS) is 20.9. The minimum atomic E-state index is -0.965. The zero-order valence-corrected chi connectivity index (χ0v) is 20.2. The lowest BCUT2D eigenvalue weighted by Crippen LogP contribution is -2.44. The van der Waals surface area contributed by atoms with Crippen LogP contribution in [-0.2, 0) is 24.4 Å². The lowest BCUT2D eigenvalue weighted by Gasteiger charge is -2.20. The molecule has 2 aromatic carbocycles. The SMILES string of the molecule is O=C(O)c1cccc(CN2C[C@@H]3NC(=O)c4ccc(Cl)c(c4)OCCCn4cc(nn4)CO[C@H]3C2)c1. The third-order valence-corrected chi connectivity index (χ3v) is 6.56. The maximum Gasteiger partial charge on any atom is 0.335 e. The Bertz CT molecular complexity index is 1270. The molecule has 2 N–H and O–H groups in total. The van der Waals surface area contributed by atoms with Crippen molar-refractivity contribution in [1.82, 2.24) is 25.2 Å². The van der Waals surface area contributed by atoms with Gasteiger partial charge in [0.1, 0.15) is 11.4 Å². The molecule has 10 nitrogen and oxygen atoms in total. The lowest BCUT2D eigenvalue weighted by molar-refractivity contribution is 0.0293. The van der Waals surface area contributed by atoms with Gasteiger partial charge in [0.15, 0.2) is 0 Å². The molecule has 1 saturated heterocycles. The number of likely N-dealkylation sites (tertiary alicyclic amines) is 1. The molecule has 36 heavy (non-hydrogen) atoms. The van der Waals surface area contributed by atoms with E-state index in [-0.39, 0.29) is 30.2 Å². The summed E-state index contributed by atoms with van der Waals surface area (Å²) in [6.07, 6.45) is 2.24. The fourth-order valence-corrected chi connectivity index (χ4v) is 4.64. The number of nitrogens with zero attached hydrogens (tertiary/aromatic N) is 4. The van der Waals surface area contributed by atoms with E-state index in [4.69, 9.17) is 21.1 Å². The number of aromatic nitrogens is 3. The highest BCUT2D eigenvalue weighted by Gasteiger charge is 2.35. The quantitative estimate of drug-likeness (QED) is 0.551. The average molecular weight is 512 g/mol. The number of benzene rings is 2. The third-order valence-electron chi connectivity index (χ3n) is 6.25. The van der Waals surface area contributed by atoms with Crippen LogP contribution in [0, 0.1) is 0 Å². The Balaban J connectivity index is 1.37. The number of carboxylic acids is 1. The maximum absolute atomic E-state index is 13.1. The van der Waals surface area contributed by atoms with E-state index in [1.165, 1.54) is 0 Å². The van der Waals surface area contributed by atoms with E-state index in [0.717, 1.165) is 5.56 Å². The lowest BCUT2D eigenvalue weighted by atomic mass is 10.1. The van der Waals surface area contributed by atoms with Crippen LogP contribution in [0.4, 0.5) is 0 Å². The number of carboxylic acid groups (broad SMARTS) is 1. The van der Waals surface area contributed by atoms with Gasteiger partial charge in [0, 0.05) is 38.2 Å². The van der Waals surface area contributed by atoms with Crippen LogP contribution in [-0.4, -0.2) is 68.7 Å². The molecule has 0 spiro atoms. The Kier molecular flexibility index (Phi) is 7.17. The molecular formula is C25H26ClN5O5. The van der Waals surface area contributed by atoms with Crippen LogP contribution in [0.15, 0.2) is 48.7 Å². The van der Waals surface area contributed by atoms with Crippen molar-refractivity contribution in [2.75, 3.05) is 19.7 Å². The first-order chi connectivity index (χ1) is 17.4. The molecule has 0 unspecified atom stereocenters. The molecule has 1 fully saturated rings. The minimum Gasteiger partial charge on any atom is -0.492 e. The molecule has 0 radical (unpaired) electrons. The molecule has 0 aliphatic carbocycles. The van der Waals surface area contributed by atoms with Gasteiger partial charge in [-0.25, -0.2) is 4.79 Å². The van der Waals surface area contributed by atoms with Crippen molar-refractivity contribution in [3.63, 3.8) is 0 Å². The van der Waals surface area contributed by atoms with E-state index >= 15 is 0 Å². The number of halogens is 1.